The monoisotopic (exact) mass is 180 g/mol. The van der Waals surface area contributed by atoms with Crippen molar-refractivity contribution in [3.05, 3.63) is 24.2 Å². The second-order valence-corrected chi connectivity index (χ2v) is 3.56. The standard InChI is InChI=1S/C10H16N2O/c1-2-10(12-4-1)7-11-6-9-3-5-13-8-9/h3,5,8,10-12H,1-2,4,6-7H2. The fourth-order valence-electron chi connectivity index (χ4n) is 1.71. The molecular formula is C10H16N2O. The molecule has 1 atom stereocenters. The van der Waals surface area contributed by atoms with Gasteiger partial charge < -0.3 is 15.1 Å². The van der Waals surface area contributed by atoms with E-state index in [0.717, 1.165) is 13.1 Å². The van der Waals surface area contributed by atoms with Crippen LogP contribution in [0, 0.1) is 0 Å². The molecule has 1 aliphatic heterocycles. The number of furan rings is 1. The lowest BCUT2D eigenvalue weighted by molar-refractivity contribution is 0.529. The minimum Gasteiger partial charge on any atom is -0.472 e. The van der Waals surface area contributed by atoms with Crippen LogP contribution in [-0.4, -0.2) is 19.1 Å². The van der Waals surface area contributed by atoms with E-state index < -0.39 is 0 Å². The third kappa shape index (κ3) is 2.57. The third-order valence-electron chi connectivity index (χ3n) is 2.46. The molecule has 1 fully saturated rings. The first-order valence-corrected chi connectivity index (χ1v) is 4.90. The van der Waals surface area contributed by atoms with E-state index in [9.17, 15) is 0 Å². The Morgan fingerprint density at radius 2 is 2.62 bits per heavy atom. The smallest absolute Gasteiger partial charge is 0.0947 e. The SMILES string of the molecule is c1cc(CNCC2CCCN2)co1. The normalized spacial score (nSPS) is 22.3. The van der Waals surface area contributed by atoms with E-state index in [2.05, 4.69) is 10.6 Å². The van der Waals surface area contributed by atoms with Crippen molar-refractivity contribution in [1.82, 2.24) is 10.6 Å². The maximum absolute atomic E-state index is 4.98. The molecule has 1 saturated heterocycles. The highest BCUT2D eigenvalue weighted by atomic mass is 16.3. The average Bonchev–Trinajstić information content (AvgIpc) is 2.75. The molecule has 3 nitrogen and oxygen atoms in total. The van der Waals surface area contributed by atoms with Gasteiger partial charge in [-0.1, -0.05) is 0 Å². The molecule has 1 aromatic heterocycles. The van der Waals surface area contributed by atoms with Crippen LogP contribution in [0.25, 0.3) is 0 Å². The predicted octanol–water partition coefficient (Wildman–Crippen LogP) is 1.12. The zero-order valence-electron chi connectivity index (χ0n) is 7.75. The summed E-state index contributed by atoms with van der Waals surface area (Å²) in [5.74, 6) is 0. The Hall–Kier alpha value is -0.800. The Balaban J connectivity index is 1.63. The maximum Gasteiger partial charge on any atom is 0.0947 e. The van der Waals surface area contributed by atoms with Gasteiger partial charge in [-0.05, 0) is 25.5 Å². The van der Waals surface area contributed by atoms with Crippen LogP contribution in [0.2, 0.25) is 0 Å². The lowest BCUT2D eigenvalue weighted by Gasteiger charge is -2.10. The predicted molar refractivity (Wildman–Crippen MR) is 51.4 cm³/mol. The summed E-state index contributed by atoms with van der Waals surface area (Å²) in [6, 6.07) is 2.67. The van der Waals surface area contributed by atoms with Crippen LogP contribution in [0.3, 0.4) is 0 Å². The first-order valence-electron chi connectivity index (χ1n) is 4.90. The summed E-state index contributed by atoms with van der Waals surface area (Å²) in [5.41, 5.74) is 1.22. The molecule has 1 aliphatic rings. The van der Waals surface area contributed by atoms with Crippen LogP contribution in [-0.2, 0) is 6.54 Å². The third-order valence-corrected chi connectivity index (χ3v) is 2.46. The molecule has 0 amide bonds. The van der Waals surface area contributed by atoms with Crippen LogP contribution in [0.4, 0.5) is 0 Å². The molecule has 13 heavy (non-hydrogen) atoms. The summed E-state index contributed by atoms with van der Waals surface area (Å²) in [4.78, 5) is 0. The van der Waals surface area contributed by atoms with Crippen molar-refractivity contribution in [2.45, 2.75) is 25.4 Å². The second-order valence-electron chi connectivity index (χ2n) is 3.56. The molecule has 0 aromatic carbocycles. The van der Waals surface area contributed by atoms with Crippen molar-refractivity contribution < 1.29 is 4.42 Å². The van der Waals surface area contributed by atoms with E-state index in [1.807, 2.05) is 6.07 Å². The quantitative estimate of drug-likeness (QED) is 0.729. The van der Waals surface area contributed by atoms with E-state index in [4.69, 9.17) is 4.42 Å². The van der Waals surface area contributed by atoms with E-state index in [1.165, 1.54) is 24.9 Å². The van der Waals surface area contributed by atoms with Crippen molar-refractivity contribution in [3.63, 3.8) is 0 Å². The van der Waals surface area contributed by atoms with Gasteiger partial charge in [0.1, 0.15) is 0 Å². The summed E-state index contributed by atoms with van der Waals surface area (Å²) in [6.07, 6.45) is 6.12. The maximum atomic E-state index is 4.98. The number of nitrogens with one attached hydrogen (secondary N) is 2. The number of rotatable bonds is 4. The summed E-state index contributed by atoms with van der Waals surface area (Å²) in [5, 5.41) is 6.86. The number of hydrogen-bond donors (Lipinski definition) is 2. The van der Waals surface area contributed by atoms with Gasteiger partial charge >= 0.3 is 0 Å². The van der Waals surface area contributed by atoms with Gasteiger partial charge in [-0.25, -0.2) is 0 Å². The highest BCUT2D eigenvalue weighted by Gasteiger charge is 2.12. The Kier molecular flexibility index (Phi) is 3.00. The Morgan fingerprint density at radius 3 is 3.31 bits per heavy atom. The zero-order valence-corrected chi connectivity index (χ0v) is 7.75. The summed E-state index contributed by atoms with van der Waals surface area (Å²) >= 11 is 0. The second kappa shape index (κ2) is 4.44. The van der Waals surface area contributed by atoms with Gasteiger partial charge in [0.2, 0.25) is 0 Å². The summed E-state index contributed by atoms with van der Waals surface area (Å²) in [6.45, 7) is 3.15. The van der Waals surface area contributed by atoms with E-state index in [0.29, 0.717) is 6.04 Å². The highest BCUT2D eigenvalue weighted by Crippen LogP contribution is 2.04. The van der Waals surface area contributed by atoms with Crippen LogP contribution >= 0.6 is 0 Å². The molecule has 0 bridgehead atoms. The molecule has 1 aromatic rings. The minimum absolute atomic E-state index is 0.673. The lowest BCUT2D eigenvalue weighted by Crippen LogP contribution is -2.33. The fraction of sp³-hybridized carbons (Fsp3) is 0.600. The number of hydrogen-bond acceptors (Lipinski definition) is 3. The van der Waals surface area contributed by atoms with Gasteiger partial charge in [0.25, 0.3) is 0 Å². The minimum atomic E-state index is 0.673. The van der Waals surface area contributed by atoms with E-state index in [1.54, 1.807) is 12.5 Å². The van der Waals surface area contributed by atoms with Crippen molar-refractivity contribution >= 4 is 0 Å². The van der Waals surface area contributed by atoms with Gasteiger partial charge in [0.15, 0.2) is 0 Å². The van der Waals surface area contributed by atoms with Gasteiger partial charge in [-0.2, -0.15) is 0 Å². The molecule has 2 rings (SSSR count). The van der Waals surface area contributed by atoms with Gasteiger partial charge in [-0.15, -0.1) is 0 Å². The Labute approximate surface area is 78.5 Å². The van der Waals surface area contributed by atoms with Crippen LogP contribution in [0.5, 0.6) is 0 Å². The van der Waals surface area contributed by atoms with Crippen molar-refractivity contribution in [1.29, 1.82) is 0 Å². The summed E-state index contributed by atoms with van der Waals surface area (Å²) < 4.78 is 4.98. The van der Waals surface area contributed by atoms with Crippen molar-refractivity contribution in [2.24, 2.45) is 0 Å². The first-order chi connectivity index (χ1) is 6.45. The van der Waals surface area contributed by atoms with E-state index >= 15 is 0 Å². The van der Waals surface area contributed by atoms with Crippen LogP contribution in [0.1, 0.15) is 18.4 Å². The lowest BCUT2D eigenvalue weighted by atomic mass is 10.2. The molecule has 2 heterocycles. The summed E-state index contributed by atoms with van der Waals surface area (Å²) in [7, 11) is 0. The molecule has 72 valence electrons. The largest absolute Gasteiger partial charge is 0.472 e. The van der Waals surface area contributed by atoms with E-state index in [-0.39, 0.29) is 0 Å². The zero-order chi connectivity index (χ0) is 8.93. The van der Waals surface area contributed by atoms with Gasteiger partial charge in [-0.3, -0.25) is 0 Å². The topological polar surface area (TPSA) is 37.2 Å². The molecule has 0 aliphatic carbocycles. The molecule has 0 spiro atoms. The molecule has 2 N–H and O–H groups in total. The first kappa shape index (κ1) is 8.78. The van der Waals surface area contributed by atoms with Gasteiger partial charge in [0, 0.05) is 24.7 Å². The van der Waals surface area contributed by atoms with Crippen molar-refractivity contribution in [2.75, 3.05) is 13.1 Å². The van der Waals surface area contributed by atoms with Crippen LogP contribution in [0.15, 0.2) is 23.0 Å². The fourth-order valence-corrected chi connectivity index (χ4v) is 1.71. The van der Waals surface area contributed by atoms with Crippen LogP contribution < -0.4 is 10.6 Å². The van der Waals surface area contributed by atoms with Gasteiger partial charge in [0.05, 0.1) is 12.5 Å². The Morgan fingerprint density at radius 1 is 1.62 bits per heavy atom. The molecule has 1 unspecified atom stereocenters. The molecule has 0 saturated carbocycles. The Bertz CT molecular complexity index is 227. The average molecular weight is 180 g/mol. The molecule has 0 radical (unpaired) electrons. The molecule has 3 heteroatoms. The highest BCUT2D eigenvalue weighted by molar-refractivity contribution is 5.04. The van der Waals surface area contributed by atoms with Crippen molar-refractivity contribution in [3.8, 4) is 0 Å². The molecular weight excluding hydrogens is 164 g/mol.